The molecule has 1 aliphatic rings. The third-order valence-electron chi connectivity index (χ3n) is 3.49. The molecule has 0 amide bonds. The number of unbranched alkanes of at least 4 members (excludes halogenated alkanes) is 2. The minimum Gasteiger partial charge on any atom is -0.379 e. The van der Waals surface area contributed by atoms with Crippen molar-refractivity contribution in [1.29, 1.82) is 0 Å². The number of hydrogen-bond donors (Lipinski definition) is 1. The fourth-order valence-corrected chi connectivity index (χ4v) is 2.28. The van der Waals surface area contributed by atoms with Crippen LogP contribution in [-0.2, 0) is 4.74 Å². The minimum atomic E-state index is 0.686. The van der Waals surface area contributed by atoms with Gasteiger partial charge in [0.25, 0.3) is 0 Å². The molecule has 0 aromatic heterocycles. The van der Waals surface area contributed by atoms with Crippen LogP contribution in [0.1, 0.15) is 46.0 Å². The van der Waals surface area contributed by atoms with Crippen molar-refractivity contribution < 1.29 is 4.74 Å². The van der Waals surface area contributed by atoms with Gasteiger partial charge in [0.2, 0.25) is 0 Å². The average molecular weight is 242 g/mol. The van der Waals surface area contributed by atoms with Crippen molar-refractivity contribution in [3.05, 3.63) is 0 Å². The van der Waals surface area contributed by atoms with Gasteiger partial charge in [-0.05, 0) is 32.9 Å². The molecule has 3 nitrogen and oxygen atoms in total. The predicted molar refractivity (Wildman–Crippen MR) is 73.5 cm³/mol. The molecule has 0 saturated carbocycles. The van der Waals surface area contributed by atoms with Crippen molar-refractivity contribution in [3.63, 3.8) is 0 Å². The lowest BCUT2D eigenvalue weighted by Crippen LogP contribution is -2.38. The molecular weight excluding hydrogens is 212 g/mol. The second-order valence-electron chi connectivity index (χ2n) is 5.16. The standard InChI is InChI=1S/C14H30N2O/c1-3-4-5-7-14(2)15-8-6-9-16-10-12-17-13-11-16/h14-15H,3-13H2,1-2H3. The van der Waals surface area contributed by atoms with Gasteiger partial charge >= 0.3 is 0 Å². The Bertz CT molecular complexity index is 170. The lowest BCUT2D eigenvalue weighted by atomic mass is 10.1. The van der Waals surface area contributed by atoms with Crippen molar-refractivity contribution in [2.24, 2.45) is 0 Å². The topological polar surface area (TPSA) is 24.5 Å². The van der Waals surface area contributed by atoms with E-state index in [1.54, 1.807) is 0 Å². The van der Waals surface area contributed by atoms with Crippen LogP contribution < -0.4 is 5.32 Å². The third-order valence-corrected chi connectivity index (χ3v) is 3.49. The fraction of sp³-hybridized carbons (Fsp3) is 1.00. The van der Waals surface area contributed by atoms with Crippen LogP contribution in [0.4, 0.5) is 0 Å². The predicted octanol–water partition coefficient (Wildman–Crippen LogP) is 2.27. The summed E-state index contributed by atoms with van der Waals surface area (Å²) in [4.78, 5) is 2.51. The Morgan fingerprint density at radius 2 is 1.94 bits per heavy atom. The summed E-state index contributed by atoms with van der Waals surface area (Å²) in [5, 5.41) is 3.62. The van der Waals surface area contributed by atoms with Crippen LogP contribution in [0.3, 0.4) is 0 Å². The highest BCUT2D eigenvalue weighted by Crippen LogP contribution is 2.03. The summed E-state index contributed by atoms with van der Waals surface area (Å²) in [5.74, 6) is 0. The summed E-state index contributed by atoms with van der Waals surface area (Å²) in [6.07, 6.45) is 6.65. The second-order valence-corrected chi connectivity index (χ2v) is 5.16. The number of ether oxygens (including phenoxy) is 1. The quantitative estimate of drug-likeness (QED) is 0.628. The Balaban J connectivity index is 1.88. The zero-order valence-corrected chi connectivity index (χ0v) is 11.7. The highest BCUT2D eigenvalue weighted by atomic mass is 16.5. The summed E-state index contributed by atoms with van der Waals surface area (Å²) in [6, 6.07) is 0.686. The van der Waals surface area contributed by atoms with Gasteiger partial charge in [-0.2, -0.15) is 0 Å². The zero-order chi connectivity index (χ0) is 12.3. The van der Waals surface area contributed by atoms with E-state index >= 15 is 0 Å². The summed E-state index contributed by atoms with van der Waals surface area (Å²) >= 11 is 0. The SMILES string of the molecule is CCCCCC(C)NCCCN1CCOCC1. The van der Waals surface area contributed by atoms with Crippen molar-refractivity contribution in [3.8, 4) is 0 Å². The molecule has 1 rings (SSSR count). The second kappa shape index (κ2) is 9.86. The van der Waals surface area contributed by atoms with Gasteiger partial charge in [-0.1, -0.05) is 26.2 Å². The van der Waals surface area contributed by atoms with Gasteiger partial charge in [0.05, 0.1) is 13.2 Å². The van der Waals surface area contributed by atoms with E-state index < -0.39 is 0 Å². The van der Waals surface area contributed by atoms with Crippen molar-refractivity contribution in [1.82, 2.24) is 10.2 Å². The first-order valence-electron chi connectivity index (χ1n) is 7.36. The largest absolute Gasteiger partial charge is 0.379 e. The number of nitrogens with one attached hydrogen (secondary N) is 1. The maximum atomic E-state index is 5.34. The van der Waals surface area contributed by atoms with Gasteiger partial charge in [-0.15, -0.1) is 0 Å². The number of hydrogen-bond acceptors (Lipinski definition) is 3. The monoisotopic (exact) mass is 242 g/mol. The Labute approximate surface area is 107 Å². The summed E-state index contributed by atoms with van der Waals surface area (Å²) < 4.78 is 5.34. The van der Waals surface area contributed by atoms with Crippen LogP contribution in [0.25, 0.3) is 0 Å². The normalized spacial score (nSPS) is 19.4. The van der Waals surface area contributed by atoms with Crippen LogP contribution in [0, 0.1) is 0 Å². The van der Waals surface area contributed by atoms with E-state index in [4.69, 9.17) is 4.74 Å². The molecule has 0 aromatic rings. The van der Waals surface area contributed by atoms with Gasteiger partial charge in [0, 0.05) is 19.1 Å². The molecule has 0 aromatic carbocycles. The third kappa shape index (κ3) is 7.74. The molecule has 1 heterocycles. The lowest BCUT2D eigenvalue weighted by molar-refractivity contribution is 0.0374. The first-order chi connectivity index (χ1) is 8.33. The van der Waals surface area contributed by atoms with E-state index in [1.165, 1.54) is 38.6 Å². The van der Waals surface area contributed by atoms with E-state index in [0.717, 1.165) is 32.8 Å². The van der Waals surface area contributed by atoms with Gasteiger partial charge in [0.1, 0.15) is 0 Å². The highest BCUT2D eigenvalue weighted by molar-refractivity contribution is 4.65. The first-order valence-corrected chi connectivity index (χ1v) is 7.36. The van der Waals surface area contributed by atoms with E-state index in [-0.39, 0.29) is 0 Å². The summed E-state index contributed by atoms with van der Waals surface area (Å²) in [5.41, 5.74) is 0. The molecule has 0 aliphatic carbocycles. The smallest absolute Gasteiger partial charge is 0.0594 e. The first kappa shape index (κ1) is 14.9. The van der Waals surface area contributed by atoms with Crippen molar-refractivity contribution in [2.75, 3.05) is 39.4 Å². The molecule has 1 N–H and O–H groups in total. The molecule has 0 spiro atoms. The molecule has 0 radical (unpaired) electrons. The van der Waals surface area contributed by atoms with Crippen LogP contribution in [0.5, 0.6) is 0 Å². The maximum Gasteiger partial charge on any atom is 0.0594 e. The van der Waals surface area contributed by atoms with Crippen molar-refractivity contribution >= 4 is 0 Å². The molecule has 1 fully saturated rings. The number of morpholine rings is 1. The Morgan fingerprint density at radius 1 is 1.18 bits per heavy atom. The Hall–Kier alpha value is -0.120. The molecule has 102 valence electrons. The van der Waals surface area contributed by atoms with E-state index in [2.05, 4.69) is 24.1 Å². The molecule has 1 aliphatic heterocycles. The molecule has 3 heteroatoms. The van der Waals surface area contributed by atoms with Crippen molar-refractivity contribution in [2.45, 2.75) is 52.0 Å². The molecular formula is C14H30N2O. The summed E-state index contributed by atoms with van der Waals surface area (Å²) in [7, 11) is 0. The number of rotatable bonds is 9. The Morgan fingerprint density at radius 3 is 2.65 bits per heavy atom. The van der Waals surface area contributed by atoms with Crippen LogP contribution in [0.2, 0.25) is 0 Å². The van der Waals surface area contributed by atoms with Crippen LogP contribution in [-0.4, -0.2) is 50.3 Å². The van der Waals surface area contributed by atoms with Gasteiger partial charge in [-0.3, -0.25) is 4.90 Å². The highest BCUT2D eigenvalue weighted by Gasteiger charge is 2.09. The molecule has 1 atom stereocenters. The minimum absolute atomic E-state index is 0.686. The van der Waals surface area contributed by atoms with E-state index in [9.17, 15) is 0 Å². The van der Waals surface area contributed by atoms with Gasteiger partial charge in [-0.25, -0.2) is 0 Å². The molecule has 1 unspecified atom stereocenters. The molecule has 0 bridgehead atoms. The van der Waals surface area contributed by atoms with Crippen LogP contribution >= 0.6 is 0 Å². The average Bonchev–Trinajstić information content (AvgIpc) is 2.36. The lowest BCUT2D eigenvalue weighted by Gasteiger charge is -2.26. The Kier molecular flexibility index (Phi) is 8.67. The molecule has 1 saturated heterocycles. The van der Waals surface area contributed by atoms with Gasteiger partial charge in [0.15, 0.2) is 0 Å². The number of nitrogens with zero attached hydrogens (tertiary/aromatic N) is 1. The van der Waals surface area contributed by atoms with Gasteiger partial charge < -0.3 is 10.1 Å². The van der Waals surface area contributed by atoms with E-state index in [1.807, 2.05) is 0 Å². The zero-order valence-electron chi connectivity index (χ0n) is 11.7. The van der Waals surface area contributed by atoms with Crippen LogP contribution in [0.15, 0.2) is 0 Å². The maximum absolute atomic E-state index is 5.34. The molecule has 17 heavy (non-hydrogen) atoms. The summed E-state index contributed by atoms with van der Waals surface area (Å²) in [6.45, 7) is 11.0. The fourth-order valence-electron chi connectivity index (χ4n) is 2.28. The van der Waals surface area contributed by atoms with E-state index in [0.29, 0.717) is 6.04 Å².